The second kappa shape index (κ2) is 4.83. The van der Waals surface area contributed by atoms with Crippen molar-refractivity contribution in [2.45, 2.75) is 6.92 Å². The summed E-state index contributed by atoms with van der Waals surface area (Å²) in [5.74, 6) is 5.12. The van der Waals surface area contributed by atoms with E-state index >= 15 is 0 Å². The normalized spacial score (nSPS) is 8.20. The quantitative estimate of drug-likeness (QED) is 0.413. The minimum absolute atomic E-state index is 0. The molecule has 0 aromatic heterocycles. The average Bonchev–Trinajstić information content (AvgIpc) is 1.90. The number of benzene rings is 1. The van der Waals surface area contributed by atoms with Gasteiger partial charge in [-0.25, -0.2) is 0 Å². The Bertz CT molecular complexity index is 183. The maximum Gasteiger partial charge on any atom is 0 e. The molecule has 1 rings (SSSR count). The van der Waals surface area contributed by atoms with E-state index in [2.05, 4.69) is 11.5 Å². The maximum absolute atomic E-state index is 5.12. The molecule has 0 saturated carbocycles. The van der Waals surface area contributed by atoms with Crippen LogP contribution in [0.15, 0.2) is 18.2 Å². The molecule has 0 atom stereocenters. The zero-order valence-electron chi connectivity index (χ0n) is 5.89. The summed E-state index contributed by atoms with van der Waals surface area (Å²) in [5.41, 5.74) is 4.51. The van der Waals surface area contributed by atoms with Crippen LogP contribution in [0.25, 0.3) is 0 Å². The zero-order valence-corrected chi connectivity index (χ0v) is 8.73. The fourth-order valence-electron chi connectivity index (χ4n) is 0.592. The van der Waals surface area contributed by atoms with Crippen LogP contribution in [-0.4, -0.2) is 0 Å². The van der Waals surface area contributed by atoms with E-state index in [4.69, 9.17) is 5.84 Å². The van der Waals surface area contributed by atoms with Crippen LogP contribution in [0.5, 0.6) is 0 Å². The summed E-state index contributed by atoms with van der Waals surface area (Å²) in [6.45, 7) is 2.01. The Hall–Kier alpha value is 0.0839. The van der Waals surface area contributed by atoms with Crippen molar-refractivity contribution in [3.8, 4) is 0 Å². The van der Waals surface area contributed by atoms with Crippen LogP contribution in [0.3, 0.4) is 0 Å². The number of rotatable bonds is 1. The van der Waals surface area contributed by atoms with Crippen molar-refractivity contribution in [1.82, 2.24) is 0 Å². The smallest absolute Gasteiger partial charge is 0 e. The standard InChI is InChI=1S/C7H9N2.Y/c1-6-2-4-7(9-8)5-3-6;/h2-4,9H,8H2,1H3;/q-1;. The van der Waals surface area contributed by atoms with E-state index < -0.39 is 0 Å². The number of aryl methyl sites for hydroxylation is 1. The minimum atomic E-state index is 0. The summed E-state index contributed by atoms with van der Waals surface area (Å²) in [6.07, 6.45) is 0. The predicted octanol–water partition coefficient (Wildman–Crippen LogP) is 1.08. The molecule has 3 heteroatoms. The Balaban J connectivity index is 0.000000810. The molecule has 1 radical (unpaired) electrons. The number of nitrogen functional groups attached to an aromatic ring is 1. The Labute approximate surface area is 86.0 Å². The van der Waals surface area contributed by atoms with E-state index in [0.717, 1.165) is 5.69 Å². The summed E-state index contributed by atoms with van der Waals surface area (Å²) in [6, 6.07) is 8.70. The molecule has 1 aromatic carbocycles. The minimum Gasteiger partial charge on any atom is -0.349 e. The molecular weight excluding hydrogens is 201 g/mol. The maximum atomic E-state index is 5.12. The van der Waals surface area contributed by atoms with Crippen LogP contribution in [0, 0.1) is 13.0 Å². The number of anilines is 1. The molecule has 10 heavy (non-hydrogen) atoms. The third-order valence-corrected chi connectivity index (χ3v) is 1.12. The van der Waals surface area contributed by atoms with Gasteiger partial charge in [-0.3, -0.25) is 5.84 Å². The first-order valence-corrected chi connectivity index (χ1v) is 2.78. The first kappa shape index (κ1) is 10.1. The monoisotopic (exact) mass is 210 g/mol. The van der Waals surface area contributed by atoms with Gasteiger partial charge in [-0.2, -0.15) is 23.8 Å². The number of hydrogen-bond acceptors (Lipinski definition) is 2. The Morgan fingerprint density at radius 1 is 1.50 bits per heavy atom. The Morgan fingerprint density at radius 3 is 2.60 bits per heavy atom. The van der Waals surface area contributed by atoms with Crippen LogP contribution >= 0.6 is 0 Å². The number of hydrogen-bond donors (Lipinski definition) is 2. The first-order valence-electron chi connectivity index (χ1n) is 2.78. The molecule has 0 fully saturated rings. The van der Waals surface area contributed by atoms with Gasteiger partial charge >= 0.3 is 0 Å². The second-order valence-corrected chi connectivity index (χ2v) is 1.92. The first-order chi connectivity index (χ1) is 4.33. The van der Waals surface area contributed by atoms with E-state index in [1.54, 1.807) is 0 Å². The van der Waals surface area contributed by atoms with Crippen molar-refractivity contribution in [2.24, 2.45) is 5.84 Å². The van der Waals surface area contributed by atoms with Crippen LogP contribution in [0.1, 0.15) is 5.56 Å². The Morgan fingerprint density at radius 2 is 2.20 bits per heavy atom. The van der Waals surface area contributed by atoms with Crippen LogP contribution in [-0.2, 0) is 32.7 Å². The molecule has 0 saturated heterocycles. The SMILES string of the molecule is Cc1c[c-]c(NN)cc1.[Y]. The fraction of sp³-hybridized carbons (Fsp3) is 0.143. The summed E-state index contributed by atoms with van der Waals surface area (Å²) < 4.78 is 0. The fourth-order valence-corrected chi connectivity index (χ4v) is 0.592. The van der Waals surface area contributed by atoms with Gasteiger partial charge in [0.15, 0.2) is 0 Å². The van der Waals surface area contributed by atoms with Crippen molar-refractivity contribution in [1.29, 1.82) is 0 Å². The van der Waals surface area contributed by atoms with Gasteiger partial charge in [-0.05, 0) is 0 Å². The van der Waals surface area contributed by atoms with Gasteiger partial charge in [0.2, 0.25) is 0 Å². The molecule has 51 valence electrons. The van der Waals surface area contributed by atoms with Gasteiger partial charge in [-0.15, -0.1) is 6.07 Å². The van der Waals surface area contributed by atoms with Crippen LogP contribution < -0.4 is 11.3 Å². The molecule has 1 aromatic rings. The van der Waals surface area contributed by atoms with Gasteiger partial charge in [0, 0.05) is 32.7 Å². The molecule has 0 bridgehead atoms. The topological polar surface area (TPSA) is 38.0 Å². The van der Waals surface area contributed by atoms with Crippen LogP contribution in [0.4, 0.5) is 5.69 Å². The molecule has 2 nitrogen and oxygen atoms in total. The van der Waals surface area contributed by atoms with Crippen LogP contribution in [0.2, 0.25) is 0 Å². The third kappa shape index (κ3) is 2.78. The van der Waals surface area contributed by atoms with Gasteiger partial charge < -0.3 is 5.43 Å². The van der Waals surface area contributed by atoms with Crippen molar-refractivity contribution in [3.05, 3.63) is 29.8 Å². The van der Waals surface area contributed by atoms with Gasteiger partial charge in [0.25, 0.3) is 0 Å². The molecule has 0 amide bonds. The molecule has 0 aliphatic carbocycles. The van der Waals surface area contributed by atoms with E-state index in [-0.39, 0.29) is 32.7 Å². The zero-order chi connectivity index (χ0) is 6.69. The van der Waals surface area contributed by atoms with Crippen molar-refractivity contribution >= 4 is 5.69 Å². The molecule has 0 unspecified atom stereocenters. The van der Waals surface area contributed by atoms with Gasteiger partial charge in [-0.1, -0.05) is 12.6 Å². The summed E-state index contributed by atoms with van der Waals surface area (Å²) in [4.78, 5) is 0. The summed E-state index contributed by atoms with van der Waals surface area (Å²) >= 11 is 0. The van der Waals surface area contributed by atoms with Crippen molar-refractivity contribution < 1.29 is 32.7 Å². The van der Waals surface area contributed by atoms with Gasteiger partial charge in [0.05, 0.1) is 0 Å². The average molecular weight is 210 g/mol. The van der Waals surface area contributed by atoms with E-state index in [9.17, 15) is 0 Å². The van der Waals surface area contributed by atoms with Crippen molar-refractivity contribution in [3.63, 3.8) is 0 Å². The summed E-state index contributed by atoms with van der Waals surface area (Å²) in [5, 5.41) is 0. The summed E-state index contributed by atoms with van der Waals surface area (Å²) in [7, 11) is 0. The molecule has 3 N–H and O–H groups in total. The molecule has 0 spiro atoms. The predicted molar refractivity (Wildman–Crippen MR) is 37.8 cm³/mol. The van der Waals surface area contributed by atoms with E-state index in [0.29, 0.717) is 0 Å². The van der Waals surface area contributed by atoms with E-state index in [1.165, 1.54) is 5.56 Å². The second-order valence-electron chi connectivity index (χ2n) is 1.92. The Kier molecular flexibility index (Phi) is 4.87. The van der Waals surface area contributed by atoms with E-state index in [1.807, 2.05) is 25.1 Å². The molecule has 0 aliphatic rings. The molecule has 0 heterocycles. The number of nitrogens with two attached hydrogens (primary N) is 1. The number of nitrogens with one attached hydrogen (secondary N) is 1. The number of hydrazine groups is 1. The molecular formula is C7H9N2Y-. The molecule has 0 aliphatic heterocycles. The largest absolute Gasteiger partial charge is 0.349 e. The van der Waals surface area contributed by atoms with Gasteiger partial charge in [0.1, 0.15) is 0 Å². The third-order valence-electron chi connectivity index (χ3n) is 1.12. The van der Waals surface area contributed by atoms with Crippen molar-refractivity contribution in [2.75, 3.05) is 5.43 Å².